The minimum absolute atomic E-state index is 0.0187. The van der Waals surface area contributed by atoms with E-state index in [-0.39, 0.29) is 24.2 Å². The quantitative estimate of drug-likeness (QED) is 0.751. The Kier molecular flexibility index (Phi) is 4.34. The molecular weight excluding hydrogens is 341 g/mol. The second-order valence-corrected chi connectivity index (χ2v) is 6.00. The number of halogens is 1. The van der Waals surface area contributed by atoms with E-state index in [9.17, 15) is 9.18 Å². The number of likely N-dealkylation sites (tertiary alicyclic amines) is 1. The van der Waals surface area contributed by atoms with Gasteiger partial charge in [-0.25, -0.2) is 4.39 Å². The van der Waals surface area contributed by atoms with Crippen LogP contribution in [0.5, 0.6) is 5.75 Å². The summed E-state index contributed by atoms with van der Waals surface area (Å²) in [5.74, 6) is 1.01. The molecule has 1 aliphatic heterocycles. The van der Waals surface area contributed by atoms with Crippen LogP contribution in [-0.2, 0) is 6.61 Å². The van der Waals surface area contributed by atoms with Crippen LogP contribution in [0.25, 0.3) is 0 Å². The predicted molar refractivity (Wildman–Crippen MR) is 86.9 cm³/mol. The number of H-pyrrole nitrogens is 1. The first-order chi connectivity index (χ1) is 12.7. The van der Waals surface area contributed by atoms with Crippen LogP contribution in [0.3, 0.4) is 0 Å². The van der Waals surface area contributed by atoms with Gasteiger partial charge in [0.05, 0.1) is 0 Å². The van der Waals surface area contributed by atoms with Crippen LogP contribution in [0.4, 0.5) is 4.39 Å². The van der Waals surface area contributed by atoms with E-state index in [1.165, 1.54) is 24.3 Å². The van der Waals surface area contributed by atoms with Gasteiger partial charge in [-0.3, -0.25) is 9.89 Å². The van der Waals surface area contributed by atoms with E-state index >= 15 is 0 Å². The fourth-order valence-electron chi connectivity index (χ4n) is 2.87. The summed E-state index contributed by atoms with van der Waals surface area (Å²) in [6.07, 6.45) is 2.31. The minimum atomic E-state index is -0.326. The van der Waals surface area contributed by atoms with Crippen molar-refractivity contribution in [2.24, 2.45) is 0 Å². The lowest BCUT2D eigenvalue weighted by Gasteiger charge is -2.14. The van der Waals surface area contributed by atoms with Gasteiger partial charge in [-0.2, -0.15) is 10.1 Å². The SMILES string of the molecule is O=C(c1ccn[nH]1)N1CCC(c2noc(COc3ccc(F)cc3)n2)C1. The number of aromatic nitrogens is 4. The van der Waals surface area contributed by atoms with Crippen molar-refractivity contribution in [3.05, 3.63) is 59.8 Å². The zero-order valence-corrected chi connectivity index (χ0v) is 13.8. The summed E-state index contributed by atoms with van der Waals surface area (Å²) in [6.45, 7) is 1.25. The van der Waals surface area contributed by atoms with Gasteiger partial charge in [0, 0.05) is 25.2 Å². The van der Waals surface area contributed by atoms with Crippen LogP contribution in [0.1, 0.15) is 34.5 Å². The lowest BCUT2D eigenvalue weighted by molar-refractivity contribution is 0.0784. The summed E-state index contributed by atoms with van der Waals surface area (Å²) in [6, 6.07) is 7.34. The van der Waals surface area contributed by atoms with Crippen LogP contribution < -0.4 is 4.74 Å². The molecular formula is C17H16FN5O3. The van der Waals surface area contributed by atoms with Crippen LogP contribution in [0, 0.1) is 5.82 Å². The van der Waals surface area contributed by atoms with Crippen molar-refractivity contribution in [1.82, 2.24) is 25.2 Å². The Hall–Kier alpha value is -3.23. The standard InChI is InChI=1S/C17H16FN5O3/c18-12-1-3-13(4-2-12)25-10-15-20-16(22-26-15)11-6-8-23(9-11)17(24)14-5-7-19-21-14/h1-5,7,11H,6,8-10H2,(H,19,21). The van der Waals surface area contributed by atoms with Crippen LogP contribution in [-0.4, -0.2) is 44.2 Å². The van der Waals surface area contributed by atoms with Crippen LogP contribution >= 0.6 is 0 Å². The highest BCUT2D eigenvalue weighted by atomic mass is 19.1. The smallest absolute Gasteiger partial charge is 0.271 e. The Morgan fingerprint density at radius 3 is 2.96 bits per heavy atom. The maximum Gasteiger partial charge on any atom is 0.271 e. The first-order valence-electron chi connectivity index (χ1n) is 8.18. The van der Waals surface area contributed by atoms with Gasteiger partial charge in [-0.1, -0.05) is 5.16 Å². The molecule has 4 rings (SSSR count). The summed E-state index contributed by atoms with van der Waals surface area (Å²) >= 11 is 0. The molecule has 0 saturated carbocycles. The maximum atomic E-state index is 12.9. The van der Waals surface area contributed by atoms with Crippen molar-refractivity contribution in [3.8, 4) is 5.75 Å². The Bertz CT molecular complexity index is 878. The summed E-state index contributed by atoms with van der Waals surface area (Å²) < 4.78 is 23.6. The second-order valence-electron chi connectivity index (χ2n) is 6.00. The van der Waals surface area contributed by atoms with Crippen LogP contribution in [0.15, 0.2) is 41.1 Å². The Morgan fingerprint density at radius 2 is 2.19 bits per heavy atom. The Morgan fingerprint density at radius 1 is 1.35 bits per heavy atom. The number of ether oxygens (including phenoxy) is 1. The Balaban J connectivity index is 1.34. The van der Waals surface area contributed by atoms with Crippen molar-refractivity contribution in [2.75, 3.05) is 13.1 Å². The number of benzene rings is 1. The number of hydrogen-bond acceptors (Lipinski definition) is 6. The van der Waals surface area contributed by atoms with Crippen molar-refractivity contribution in [1.29, 1.82) is 0 Å². The van der Waals surface area contributed by atoms with Crippen molar-refractivity contribution < 1.29 is 18.4 Å². The number of carbonyl (C=O) groups excluding carboxylic acids is 1. The molecule has 1 unspecified atom stereocenters. The van der Waals surface area contributed by atoms with Crippen molar-refractivity contribution in [3.63, 3.8) is 0 Å². The minimum Gasteiger partial charge on any atom is -0.484 e. The van der Waals surface area contributed by atoms with Gasteiger partial charge in [-0.15, -0.1) is 0 Å². The van der Waals surface area contributed by atoms with Gasteiger partial charge in [0.15, 0.2) is 12.4 Å². The largest absolute Gasteiger partial charge is 0.484 e. The maximum absolute atomic E-state index is 12.9. The highest BCUT2D eigenvalue weighted by Crippen LogP contribution is 2.26. The summed E-state index contributed by atoms with van der Waals surface area (Å²) in [4.78, 5) is 18.4. The molecule has 0 aliphatic carbocycles. The highest BCUT2D eigenvalue weighted by Gasteiger charge is 2.31. The molecule has 8 nitrogen and oxygen atoms in total. The molecule has 26 heavy (non-hydrogen) atoms. The lowest BCUT2D eigenvalue weighted by atomic mass is 10.1. The highest BCUT2D eigenvalue weighted by molar-refractivity contribution is 5.92. The number of aromatic amines is 1. The molecule has 1 saturated heterocycles. The van der Waals surface area contributed by atoms with E-state index in [2.05, 4.69) is 20.3 Å². The molecule has 1 fully saturated rings. The second kappa shape index (κ2) is 6.95. The van der Waals surface area contributed by atoms with E-state index in [0.29, 0.717) is 36.2 Å². The fourth-order valence-corrected chi connectivity index (χ4v) is 2.87. The molecule has 2 aromatic heterocycles. The molecule has 0 bridgehead atoms. The first-order valence-corrected chi connectivity index (χ1v) is 8.18. The average Bonchev–Trinajstić information content (AvgIpc) is 3.41. The van der Waals surface area contributed by atoms with Gasteiger partial charge < -0.3 is 14.2 Å². The average molecular weight is 357 g/mol. The first kappa shape index (κ1) is 16.2. The van der Waals surface area contributed by atoms with Gasteiger partial charge >= 0.3 is 0 Å². The summed E-state index contributed by atoms with van der Waals surface area (Å²) in [5, 5.41) is 10.5. The molecule has 1 atom stereocenters. The number of amides is 1. The molecule has 3 heterocycles. The molecule has 1 N–H and O–H groups in total. The molecule has 1 amide bonds. The molecule has 134 valence electrons. The zero-order valence-electron chi connectivity index (χ0n) is 13.8. The molecule has 9 heteroatoms. The number of nitrogens with one attached hydrogen (secondary N) is 1. The number of hydrogen-bond donors (Lipinski definition) is 1. The summed E-state index contributed by atoms with van der Waals surface area (Å²) in [7, 11) is 0. The van der Waals surface area contributed by atoms with Gasteiger partial charge in [0.25, 0.3) is 11.8 Å². The van der Waals surface area contributed by atoms with E-state index in [4.69, 9.17) is 9.26 Å². The third-order valence-electron chi connectivity index (χ3n) is 4.23. The Labute approximate surface area is 148 Å². The zero-order chi connectivity index (χ0) is 17.9. The van der Waals surface area contributed by atoms with Crippen molar-refractivity contribution >= 4 is 5.91 Å². The fraction of sp³-hybridized carbons (Fsp3) is 0.294. The molecule has 0 radical (unpaired) electrons. The lowest BCUT2D eigenvalue weighted by Crippen LogP contribution is -2.28. The molecule has 3 aromatic rings. The normalized spacial score (nSPS) is 16.8. The summed E-state index contributed by atoms with van der Waals surface area (Å²) in [5.41, 5.74) is 0.465. The monoisotopic (exact) mass is 357 g/mol. The molecule has 1 aromatic carbocycles. The number of carbonyl (C=O) groups is 1. The van der Waals surface area contributed by atoms with Gasteiger partial charge in [-0.05, 0) is 36.8 Å². The third-order valence-corrected chi connectivity index (χ3v) is 4.23. The molecule has 1 aliphatic rings. The van der Waals surface area contributed by atoms with Gasteiger partial charge in [0.1, 0.15) is 17.3 Å². The van der Waals surface area contributed by atoms with Crippen LogP contribution in [0.2, 0.25) is 0 Å². The third kappa shape index (κ3) is 3.41. The topological polar surface area (TPSA) is 97.1 Å². The molecule has 0 spiro atoms. The number of rotatable bonds is 5. The van der Waals surface area contributed by atoms with E-state index in [0.717, 1.165) is 6.42 Å². The van der Waals surface area contributed by atoms with Gasteiger partial charge in [0.2, 0.25) is 0 Å². The van der Waals surface area contributed by atoms with E-state index in [1.807, 2.05) is 0 Å². The van der Waals surface area contributed by atoms with E-state index in [1.54, 1.807) is 17.2 Å². The predicted octanol–water partition coefficient (Wildman–Crippen LogP) is 2.14. The number of nitrogens with zero attached hydrogens (tertiary/aromatic N) is 4. The van der Waals surface area contributed by atoms with E-state index < -0.39 is 0 Å². The van der Waals surface area contributed by atoms with Crippen molar-refractivity contribution in [2.45, 2.75) is 18.9 Å².